The van der Waals surface area contributed by atoms with E-state index in [1.807, 2.05) is 29.2 Å². The molecule has 0 spiro atoms. The van der Waals surface area contributed by atoms with E-state index in [0.717, 1.165) is 18.7 Å². The van der Waals surface area contributed by atoms with Crippen LogP contribution >= 0.6 is 11.8 Å². The number of rotatable bonds is 5. The Hall–Kier alpha value is -2.06. The molecule has 3 heterocycles. The third kappa shape index (κ3) is 3.95. The van der Waals surface area contributed by atoms with Gasteiger partial charge in [-0.15, -0.1) is 11.8 Å². The van der Waals surface area contributed by atoms with Crippen molar-refractivity contribution in [2.75, 3.05) is 39.0 Å². The molecule has 0 radical (unpaired) electrons. The first-order chi connectivity index (χ1) is 14.4. The lowest BCUT2D eigenvalue weighted by molar-refractivity contribution is -0.139. The Balaban J connectivity index is 1.47. The van der Waals surface area contributed by atoms with Gasteiger partial charge in [0.2, 0.25) is 11.8 Å². The van der Waals surface area contributed by atoms with Crippen molar-refractivity contribution >= 4 is 29.5 Å². The van der Waals surface area contributed by atoms with Crippen molar-refractivity contribution in [3.8, 4) is 0 Å². The van der Waals surface area contributed by atoms with Gasteiger partial charge in [0.25, 0.3) is 5.91 Å². The second-order valence-electron chi connectivity index (χ2n) is 8.82. The maximum absolute atomic E-state index is 13.2. The number of carbonyl (C=O) groups is 3. The van der Waals surface area contributed by atoms with Gasteiger partial charge in [-0.3, -0.25) is 14.4 Å². The number of likely N-dealkylation sites (N-methyl/N-ethyl adjacent to an activating group) is 1. The van der Waals surface area contributed by atoms with E-state index in [-0.39, 0.29) is 29.0 Å². The summed E-state index contributed by atoms with van der Waals surface area (Å²) in [7, 11) is 2.05. The molecule has 2 saturated heterocycles. The number of amides is 3. The highest BCUT2D eigenvalue weighted by molar-refractivity contribution is 7.99. The van der Waals surface area contributed by atoms with Gasteiger partial charge in [0.15, 0.2) is 0 Å². The Bertz CT molecular complexity index is 837. The number of piperazine rings is 1. The topological polar surface area (TPSA) is 73.0 Å². The Morgan fingerprint density at radius 3 is 2.57 bits per heavy atom. The van der Waals surface area contributed by atoms with Crippen LogP contribution in [-0.2, 0) is 9.59 Å². The lowest BCUT2D eigenvalue weighted by atomic mass is 10.0. The number of hydrogen-bond acceptors (Lipinski definition) is 5. The van der Waals surface area contributed by atoms with Crippen molar-refractivity contribution in [1.29, 1.82) is 0 Å². The lowest BCUT2D eigenvalue weighted by Crippen LogP contribution is -2.57. The Labute approximate surface area is 182 Å². The number of nitrogens with zero attached hydrogens (tertiary/aromatic N) is 3. The number of nitrogens with one attached hydrogen (secondary N) is 1. The van der Waals surface area contributed by atoms with E-state index in [1.165, 1.54) is 0 Å². The average molecular weight is 431 g/mol. The second kappa shape index (κ2) is 8.59. The third-order valence-electron chi connectivity index (χ3n) is 6.13. The zero-order valence-corrected chi connectivity index (χ0v) is 18.7. The van der Waals surface area contributed by atoms with E-state index in [2.05, 4.69) is 31.1 Å². The number of hydrogen-bond donors (Lipinski definition) is 1. The first kappa shape index (κ1) is 21.2. The maximum atomic E-state index is 13.2. The van der Waals surface area contributed by atoms with Crippen LogP contribution in [0.5, 0.6) is 0 Å². The fourth-order valence-electron chi connectivity index (χ4n) is 4.45. The largest absolute Gasteiger partial charge is 0.342 e. The SMILES string of the molecule is CC(C)CC(NC(=O)C1CSC2c3ccccc3C(=O)N12)C(=O)N1CCN(C)CC1. The normalized spacial score (nSPS) is 24.7. The molecule has 3 aliphatic rings. The van der Waals surface area contributed by atoms with Gasteiger partial charge in [-0.2, -0.15) is 0 Å². The van der Waals surface area contributed by atoms with Gasteiger partial charge < -0.3 is 20.0 Å². The molecule has 0 aromatic heterocycles. The minimum Gasteiger partial charge on any atom is -0.342 e. The first-order valence-corrected chi connectivity index (χ1v) is 11.7. The third-order valence-corrected chi connectivity index (χ3v) is 7.44. The van der Waals surface area contributed by atoms with Gasteiger partial charge in [0.05, 0.1) is 0 Å². The molecule has 0 saturated carbocycles. The predicted molar refractivity (Wildman–Crippen MR) is 117 cm³/mol. The monoisotopic (exact) mass is 430 g/mol. The van der Waals surface area contributed by atoms with Gasteiger partial charge in [0, 0.05) is 37.5 Å². The minimum absolute atomic E-state index is 0.0108. The molecule has 3 aliphatic heterocycles. The van der Waals surface area contributed by atoms with Crippen molar-refractivity contribution in [1.82, 2.24) is 20.0 Å². The number of fused-ring (bicyclic) bond motifs is 3. The molecule has 30 heavy (non-hydrogen) atoms. The summed E-state index contributed by atoms with van der Waals surface area (Å²) >= 11 is 1.62. The number of thioether (sulfide) groups is 1. The number of benzene rings is 1. The molecule has 8 heteroatoms. The highest BCUT2D eigenvalue weighted by atomic mass is 32.2. The van der Waals surface area contributed by atoms with Crippen molar-refractivity contribution in [2.45, 2.75) is 37.7 Å². The van der Waals surface area contributed by atoms with Crippen LogP contribution in [0.4, 0.5) is 0 Å². The highest BCUT2D eigenvalue weighted by Crippen LogP contribution is 2.48. The Morgan fingerprint density at radius 1 is 1.17 bits per heavy atom. The van der Waals surface area contributed by atoms with Crippen LogP contribution in [0.15, 0.2) is 24.3 Å². The molecular weight excluding hydrogens is 400 g/mol. The molecule has 7 nitrogen and oxygen atoms in total. The fraction of sp³-hybridized carbons (Fsp3) is 0.591. The number of carbonyl (C=O) groups excluding carboxylic acids is 3. The minimum atomic E-state index is -0.551. The van der Waals surface area contributed by atoms with Crippen LogP contribution in [0, 0.1) is 5.92 Å². The molecule has 1 aromatic carbocycles. The molecule has 0 aliphatic carbocycles. The smallest absolute Gasteiger partial charge is 0.256 e. The summed E-state index contributed by atoms with van der Waals surface area (Å²) in [5.41, 5.74) is 1.66. The zero-order chi connectivity index (χ0) is 21.4. The van der Waals surface area contributed by atoms with Crippen molar-refractivity contribution in [3.63, 3.8) is 0 Å². The van der Waals surface area contributed by atoms with Crippen LogP contribution < -0.4 is 5.32 Å². The average Bonchev–Trinajstić information content (AvgIpc) is 3.28. The van der Waals surface area contributed by atoms with E-state index in [1.54, 1.807) is 16.7 Å². The molecule has 3 amide bonds. The van der Waals surface area contributed by atoms with Crippen molar-refractivity contribution in [2.24, 2.45) is 5.92 Å². The van der Waals surface area contributed by atoms with Gasteiger partial charge in [-0.1, -0.05) is 32.0 Å². The molecule has 1 aromatic rings. The molecule has 0 bridgehead atoms. The fourth-order valence-corrected chi connectivity index (χ4v) is 5.92. The summed E-state index contributed by atoms with van der Waals surface area (Å²) in [6.45, 7) is 7.16. The molecule has 2 fully saturated rings. The van der Waals surface area contributed by atoms with E-state index in [9.17, 15) is 14.4 Å². The summed E-state index contributed by atoms with van der Waals surface area (Å²) in [4.78, 5) is 45.1. The molecule has 162 valence electrons. The van der Waals surface area contributed by atoms with Gasteiger partial charge in [-0.05, 0) is 31.0 Å². The summed E-state index contributed by atoms with van der Waals surface area (Å²) < 4.78 is 0. The lowest BCUT2D eigenvalue weighted by Gasteiger charge is -2.35. The van der Waals surface area contributed by atoms with Gasteiger partial charge >= 0.3 is 0 Å². The summed E-state index contributed by atoms with van der Waals surface area (Å²) in [5.74, 6) is 0.498. The molecular formula is C22H30N4O3S. The van der Waals surface area contributed by atoms with Crippen LogP contribution in [0.3, 0.4) is 0 Å². The van der Waals surface area contributed by atoms with Crippen molar-refractivity contribution < 1.29 is 14.4 Å². The second-order valence-corrected chi connectivity index (χ2v) is 9.93. The van der Waals surface area contributed by atoms with Crippen LogP contribution in [0.1, 0.15) is 41.6 Å². The molecule has 4 rings (SSSR count). The summed E-state index contributed by atoms with van der Waals surface area (Å²) in [6.07, 6.45) is 0.592. The van der Waals surface area contributed by atoms with Crippen LogP contribution in [0.2, 0.25) is 0 Å². The summed E-state index contributed by atoms with van der Waals surface area (Å²) in [5, 5.41) is 2.90. The van der Waals surface area contributed by atoms with E-state index in [0.29, 0.717) is 30.8 Å². The molecule has 3 atom stereocenters. The zero-order valence-electron chi connectivity index (χ0n) is 17.8. The molecule has 3 unspecified atom stereocenters. The van der Waals surface area contributed by atoms with E-state index < -0.39 is 12.1 Å². The Morgan fingerprint density at radius 2 is 1.87 bits per heavy atom. The van der Waals surface area contributed by atoms with E-state index in [4.69, 9.17) is 0 Å². The maximum Gasteiger partial charge on any atom is 0.256 e. The highest BCUT2D eigenvalue weighted by Gasteiger charge is 2.48. The predicted octanol–water partition coefficient (Wildman–Crippen LogP) is 1.56. The Kier molecular flexibility index (Phi) is 6.06. The van der Waals surface area contributed by atoms with Gasteiger partial charge in [0.1, 0.15) is 17.5 Å². The van der Waals surface area contributed by atoms with Gasteiger partial charge in [-0.25, -0.2) is 0 Å². The first-order valence-electron chi connectivity index (χ1n) is 10.7. The summed E-state index contributed by atoms with van der Waals surface area (Å²) in [6, 6.07) is 6.47. The molecule has 1 N–H and O–H groups in total. The van der Waals surface area contributed by atoms with Crippen LogP contribution in [0.25, 0.3) is 0 Å². The quantitative estimate of drug-likeness (QED) is 0.768. The van der Waals surface area contributed by atoms with E-state index >= 15 is 0 Å². The van der Waals surface area contributed by atoms with Crippen LogP contribution in [-0.4, -0.2) is 83.5 Å². The van der Waals surface area contributed by atoms with Crippen molar-refractivity contribution in [3.05, 3.63) is 35.4 Å². The standard InChI is InChI=1S/C22H30N4O3S/c1-14(2)12-17(21(29)25-10-8-24(3)9-11-25)23-19(27)18-13-30-22-16-7-5-4-6-15(16)20(28)26(18)22/h4-7,14,17-18,22H,8-13H2,1-3H3,(H,23,27).